The number of rotatable bonds is 4. The van der Waals surface area contributed by atoms with Crippen LogP contribution in [0.3, 0.4) is 0 Å². The Labute approximate surface area is 176 Å². The summed E-state index contributed by atoms with van der Waals surface area (Å²) in [5.41, 5.74) is 2.49. The summed E-state index contributed by atoms with van der Waals surface area (Å²) < 4.78 is 5.27. The molecule has 2 aliphatic rings. The summed E-state index contributed by atoms with van der Waals surface area (Å²) in [6, 6.07) is 13.7. The summed E-state index contributed by atoms with van der Waals surface area (Å²) in [5.74, 6) is -1.61. The van der Waals surface area contributed by atoms with Crippen LogP contribution in [0.4, 0.5) is 5.69 Å². The number of hydrogen-bond donors (Lipinski definition) is 1. The van der Waals surface area contributed by atoms with Gasteiger partial charge in [-0.05, 0) is 23.8 Å². The molecule has 1 spiro atoms. The molecule has 9 heteroatoms. The van der Waals surface area contributed by atoms with E-state index in [0.717, 1.165) is 10.5 Å². The molecule has 1 fully saturated rings. The minimum atomic E-state index is -1.32. The van der Waals surface area contributed by atoms with Gasteiger partial charge in [0, 0.05) is 11.4 Å². The number of carbonyl (C=O) groups is 3. The third-order valence-electron chi connectivity index (χ3n) is 4.79. The number of carbonyl (C=O) groups excluding carboxylic acids is 3. The van der Waals surface area contributed by atoms with Crippen LogP contribution in [0.5, 0.6) is 0 Å². The highest BCUT2D eigenvalue weighted by Crippen LogP contribution is 2.38. The second kappa shape index (κ2) is 7.50. The van der Waals surface area contributed by atoms with E-state index in [0.29, 0.717) is 5.02 Å². The lowest BCUT2D eigenvalue weighted by Gasteiger charge is -2.21. The largest absolute Gasteiger partial charge is 0.456 e. The number of halogens is 2. The predicted octanol–water partition coefficient (Wildman–Crippen LogP) is 3.09. The van der Waals surface area contributed by atoms with Gasteiger partial charge in [0.15, 0.2) is 0 Å². The van der Waals surface area contributed by atoms with Crippen molar-refractivity contribution in [2.45, 2.75) is 25.0 Å². The quantitative estimate of drug-likeness (QED) is 0.593. The third kappa shape index (κ3) is 3.59. The Morgan fingerprint density at radius 3 is 2.62 bits per heavy atom. The van der Waals surface area contributed by atoms with Crippen LogP contribution in [-0.4, -0.2) is 29.0 Å². The van der Waals surface area contributed by atoms with Crippen molar-refractivity contribution < 1.29 is 19.1 Å². The van der Waals surface area contributed by atoms with Gasteiger partial charge in [-0.25, -0.2) is 9.69 Å². The topological polar surface area (TPSA) is 88.1 Å². The third-order valence-corrected chi connectivity index (χ3v) is 5.33. The van der Waals surface area contributed by atoms with E-state index in [1.54, 1.807) is 6.07 Å². The number of benzene rings is 2. The average Bonchev–Trinajstić information content (AvgIpc) is 3.23. The van der Waals surface area contributed by atoms with Gasteiger partial charge in [-0.3, -0.25) is 15.0 Å². The number of nitrogens with one attached hydrogen (secondary N) is 1. The molecule has 2 aromatic carbocycles. The highest BCUT2D eigenvalue weighted by atomic mass is 35.5. The molecule has 2 heterocycles. The SMILES string of the molecule is O=C(OCc1ccccc1)C1=NN[C@]2(CC(=O)N(c3ccc(Cl)cc3Cl)C2=O)C1. The van der Waals surface area contributed by atoms with E-state index in [1.807, 2.05) is 30.3 Å². The van der Waals surface area contributed by atoms with E-state index in [-0.39, 0.29) is 35.9 Å². The van der Waals surface area contributed by atoms with Crippen LogP contribution >= 0.6 is 23.2 Å². The van der Waals surface area contributed by atoms with Crippen LogP contribution in [0.2, 0.25) is 10.0 Å². The number of amides is 2. The summed E-state index contributed by atoms with van der Waals surface area (Å²) in [5, 5.41) is 4.54. The Morgan fingerprint density at radius 2 is 1.90 bits per heavy atom. The van der Waals surface area contributed by atoms with Crippen LogP contribution < -0.4 is 10.3 Å². The maximum atomic E-state index is 13.1. The highest BCUT2D eigenvalue weighted by molar-refractivity contribution is 6.41. The maximum absolute atomic E-state index is 13.1. The van der Waals surface area contributed by atoms with Gasteiger partial charge in [0.1, 0.15) is 17.9 Å². The zero-order valence-corrected chi connectivity index (χ0v) is 16.5. The summed E-state index contributed by atoms with van der Waals surface area (Å²) in [4.78, 5) is 39.0. The molecule has 2 aromatic rings. The number of esters is 1. The van der Waals surface area contributed by atoms with Crippen LogP contribution in [0.15, 0.2) is 53.6 Å². The molecule has 2 amide bonds. The minimum absolute atomic E-state index is 0.0487. The Hall–Kier alpha value is -2.90. The maximum Gasteiger partial charge on any atom is 0.354 e. The van der Waals surface area contributed by atoms with E-state index in [2.05, 4.69) is 10.5 Å². The number of hydrogen-bond acceptors (Lipinski definition) is 6. The first-order chi connectivity index (χ1) is 13.9. The standard InChI is InChI=1S/C20H15Cl2N3O4/c21-13-6-7-16(14(22)8-13)25-17(26)10-20(19(25)28)9-15(23-24-20)18(27)29-11-12-4-2-1-3-5-12/h1-8,24H,9-11H2/t20-/m0/s1. The van der Waals surface area contributed by atoms with Crippen molar-refractivity contribution in [1.82, 2.24) is 5.43 Å². The Bertz CT molecular complexity index is 1040. The Balaban J connectivity index is 1.47. The molecule has 0 bridgehead atoms. The van der Waals surface area contributed by atoms with Crippen LogP contribution in [0.25, 0.3) is 0 Å². The van der Waals surface area contributed by atoms with Crippen LogP contribution in [0.1, 0.15) is 18.4 Å². The summed E-state index contributed by atoms with van der Waals surface area (Å²) in [7, 11) is 0. The molecule has 2 aliphatic heterocycles. The fraction of sp³-hybridized carbons (Fsp3) is 0.200. The first-order valence-electron chi connectivity index (χ1n) is 8.77. The van der Waals surface area contributed by atoms with Gasteiger partial charge >= 0.3 is 5.97 Å². The molecule has 0 radical (unpaired) electrons. The van der Waals surface area contributed by atoms with Gasteiger partial charge in [-0.2, -0.15) is 5.10 Å². The lowest BCUT2D eigenvalue weighted by molar-refractivity contribution is -0.136. The van der Waals surface area contributed by atoms with Crippen molar-refractivity contribution in [2.75, 3.05) is 4.90 Å². The number of ether oxygens (including phenoxy) is 1. The zero-order chi connectivity index (χ0) is 20.6. The van der Waals surface area contributed by atoms with E-state index >= 15 is 0 Å². The number of nitrogens with zero attached hydrogens (tertiary/aromatic N) is 2. The van der Waals surface area contributed by atoms with E-state index in [4.69, 9.17) is 27.9 Å². The van der Waals surface area contributed by atoms with Crippen molar-refractivity contribution in [1.29, 1.82) is 0 Å². The van der Waals surface area contributed by atoms with E-state index in [1.165, 1.54) is 12.1 Å². The molecule has 7 nitrogen and oxygen atoms in total. The monoisotopic (exact) mass is 431 g/mol. The van der Waals surface area contributed by atoms with Crippen molar-refractivity contribution in [3.05, 3.63) is 64.1 Å². The molecule has 0 aliphatic carbocycles. The van der Waals surface area contributed by atoms with Gasteiger partial charge in [0.25, 0.3) is 5.91 Å². The van der Waals surface area contributed by atoms with E-state index < -0.39 is 23.3 Å². The number of hydrazone groups is 1. The van der Waals surface area contributed by atoms with Crippen molar-refractivity contribution in [3.63, 3.8) is 0 Å². The Morgan fingerprint density at radius 1 is 1.14 bits per heavy atom. The molecule has 0 unspecified atom stereocenters. The van der Waals surface area contributed by atoms with Crippen LogP contribution in [0, 0.1) is 0 Å². The molecule has 0 aromatic heterocycles. The summed E-state index contributed by atoms with van der Waals surface area (Å²) >= 11 is 12.1. The number of anilines is 1. The fourth-order valence-electron chi connectivity index (χ4n) is 3.34. The van der Waals surface area contributed by atoms with Gasteiger partial charge in [0.2, 0.25) is 5.91 Å². The van der Waals surface area contributed by atoms with Crippen LogP contribution in [-0.2, 0) is 25.7 Å². The van der Waals surface area contributed by atoms with Gasteiger partial charge in [-0.1, -0.05) is 53.5 Å². The van der Waals surface area contributed by atoms with Gasteiger partial charge < -0.3 is 4.74 Å². The molecule has 0 saturated carbocycles. The van der Waals surface area contributed by atoms with Crippen molar-refractivity contribution in [2.24, 2.45) is 5.10 Å². The first-order valence-corrected chi connectivity index (χ1v) is 9.52. The zero-order valence-electron chi connectivity index (χ0n) is 15.0. The lowest BCUT2D eigenvalue weighted by Crippen LogP contribution is -2.47. The highest BCUT2D eigenvalue weighted by Gasteiger charge is 2.56. The van der Waals surface area contributed by atoms with Gasteiger partial charge in [-0.15, -0.1) is 0 Å². The molecule has 1 N–H and O–H groups in total. The molecule has 4 rings (SSSR count). The first kappa shape index (κ1) is 19.4. The molecule has 148 valence electrons. The fourth-order valence-corrected chi connectivity index (χ4v) is 3.83. The lowest BCUT2D eigenvalue weighted by atomic mass is 9.93. The van der Waals surface area contributed by atoms with Crippen molar-refractivity contribution in [3.8, 4) is 0 Å². The predicted molar refractivity (Wildman–Crippen MR) is 108 cm³/mol. The second-order valence-corrected chi connectivity index (χ2v) is 7.64. The smallest absolute Gasteiger partial charge is 0.354 e. The van der Waals surface area contributed by atoms with E-state index in [9.17, 15) is 14.4 Å². The summed E-state index contributed by atoms with van der Waals surface area (Å²) in [6.07, 6.45) is -0.198. The second-order valence-electron chi connectivity index (χ2n) is 6.80. The molecule has 1 atom stereocenters. The molecule has 1 saturated heterocycles. The van der Waals surface area contributed by atoms with Crippen molar-refractivity contribution >= 4 is 52.4 Å². The molecular weight excluding hydrogens is 417 g/mol. The normalized spacial score (nSPS) is 20.8. The Kier molecular flexibility index (Phi) is 5.02. The molecular formula is C20H15Cl2N3O4. The summed E-state index contributed by atoms with van der Waals surface area (Å²) in [6.45, 7) is 0.0884. The molecule has 29 heavy (non-hydrogen) atoms. The minimum Gasteiger partial charge on any atom is -0.456 e. The average molecular weight is 432 g/mol. The van der Waals surface area contributed by atoms with Gasteiger partial charge in [0.05, 0.1) is 17.1 Å². The number of imide groups is 1.